The van der Waals surface area contributed by atoms with Gasteiger partial charge in [-0.3, -0.25) is 4.79 Å². The van der Waals surface area contributed by atoms with Crippen LogP contribution in [0.3, 0.4) is 0 Å². The second kappa shape index (κ2) is 8.50. The number of amides is 1. The van der Waals surface area contributed by atoms with E-state index in [0.717, 1.165) is 19.4 Å². The molecule has 0 spiro atoms. The Hall–Kier alpha value is -2.13. The number of carbonyl (C=O) groups excluding carboxylic acids is 1. The highest BCUT2D eigenvalue weighted by molar-refractivity contribution is 14.1. The molecule has 0 saturated heterocycles. The zero-order valence-electron chi connectivity index (χ0n) is 13.7. The van der Waals surface area contributed by atoms with Crippen LogP contribution in [0.25, 0.3) is 11.3 Å². The third-order valence-electron chi connectivity index (χ3n) is 3.53. The molecular weight excluding hydrogens is 511 g/mol. The van der Waals surface area contributed by atoms with Crippen LogP contribution in [0.5, 0.6) is 5.75 Å². The summed E-state index contributed by atoms with van der Waals surface area (Å²) in [7, 11) is 1.57. The van der Waals surface area contributed by atoms with Gasteiger partial charge in [0.05, 0.1) is 16.9 Å². The average Bonchev–Trinajstić information content (AvgIpc) is 3.11. The maximum atomic E-state index is 12.2. The van der Waals surface area contributed by atoms with Crippen LogP contribution in [0.2, 0.25) is 0 Å². The molecule has 0 radical (unpaired) electrons. The smallest absolute Gasteiger partial charge is 0.271 e. The fraction of sp³-hybridized carbons (Fsp3) is 0.0526. The predicted octanol–water partition coefficient (Wildman–Crippen LogP) is 5.09. The molecule has 0 fully saturated rings. The number of furan rings is 1. The van der Waals surface area contributed by atoms with Gasteiger partial charge in [0.2, 0.25) is 0 Å². The van der Waals surface area contributed by atoms with Crippen molar-refractivity contribution in [2.45, 2.75) is 0 Å². The second-order valence-corrected chi connectivity index (χ2v) is 7.34. The Morgan fingerprint density at radius 1 is 1.19 bits per heavy atom. The lowest BCUT2D eigenvalue weighted by Gasteiger charge is -2.05. The Bertz CT molecular complexity index is 952. The molecule has 3 rings (SSSR count). The van der Waals surface area contributed by atoms with Crippen molar-refractivity contribution in [3.05, 3.63) is 74.0 Å². The Kier molecular flexibility index (Phi) is 6.10. The minimum atomic E-state index is -0.323. The first kappa shape index (κ1) is 18.7. The van der Waals surface area contributed by atoms with Crippen molar-refractivity contribution in [1.82, 2.24) is 5.43 Å². The van der Waals surface area contributed by atoms with Gasteiger partial charge in [-0.2, -0.15) is 5.10 Å². The van der Waals surface area contributed by atoms with Gasteiger partial charge in [-0.15, -0.1) is 0 Å². The van der Waals surface area contributed by atoms with Crippen LogP contribution in [0.1, 0.15) is 16.1 Å². The van der Waals surface area contributed by atoms with Crippen LogP contribution in [0.15, 0.2) is 68.6 Å². The van der Waals surface area contributed by atoms with Gasteiger partial charge >= 0.3 is 0 Å². The highest BCUT2D eigenvalue weighted by Gasteiger charge is 2.08. The summed E-state index contributed by atoms with van der Waals surface area (Å²) in [6.07, 6.45) is 1.46. The maximum absolute atomic E-state index is 12.2. The number of hydrogen-bond acceptors (Lipinski definition) is 4. The molecule has 26 heavy (non-hydrogen) atoms. The van der Waals surface area contributed by atoms with Crippen molar-refractivity contribution in [3.63, 3.8) is 0 Å². The first-order chi connectivity index (χ1) is 12.6. The van der Waals surface area contributed by atoms with Crippen molar-refractivity contribution in [3.8, 4) is 17.1 Å². The van der Waals surface area contributed by atoms with Crippen molar-refractivity contribution in [1.29, 1.82) is 0 Å². The normalized spacial score (nSPS) is 10.9. The molecule has 7 heteroatoms. The Labute approximate surface area is 172 Å². The summed E-state index contributed by atoms with van der Waals surface area (Å²) in [5, 5.41) is 3.95. The topological polar surface area (TPSA) is 63.8 Å². The molecule has 0 saturated carbocycles. The minimum Gasteiger partial charge on any atom is -0.496 e. The molecule has 0 aliphatic heterocycles. The molecule has 1 heterocycles. The van der Waals surface area contributed by atoms with Crippen molar-refractivity contribution in [2.75, 3.05) is 7.11 Å². The molecular formula is C19H14BrIN2O3. The Morgan fingerprint density at radius 3 is 2.69 bits per heavy atom. The van der Waals surface area contributed by atoms with E-state index in [1.165, 1.54) is 6.21 Å². The zero-order valence-corrected chi connectivity index (χ0v) is 17.4. The van der Waals surface area contributed by atoms with Crippen LogP contribution in [0.4, 0.5) is 0 Å². The highest BCUT2D eigenvalue weighted by atomic mass is 127. The zero-order chi connectivity index (χ0) is 18.5. The monoisotopic (exact) mass is 524 g/mol. The number of benzene rings is 2. The quantitative estimate of drug-likeness (QED) is 0.287. The summed E-state index contributed by atoms with van der Waals surface area (Å²) in [6.45, 7) is 0. The lowest BCUT2D eigenvalue weighted by molar-refractivity contribution is 0.0954. The summed E-state index contributed by atoms with van der Waals surface area (Å²) in [6, 6.07) is 16.7. The lowest BCUT2D eigenvalue weighted by Crippen LogP contribution is -2.17. The van der Waals surface area contributed by atoms with E-state index < -0.39 is 0 Å². The molecule has 0 unspecified atom stereocenters. The molecule has 132 valence electrons. The van der Waals surface area contributed by atoms with Gasteiger partial charge < -0.3 is 9.15 Å². The molecule has 0 aliphatic rings. The number of carbonyl (C=O) groups is 1. The van der Waals surface area contributed by atoms with E-state index >= 15 is 0 Å². The Morgan fingerprint density at radius 2 is 1.96 bits per heavy atom. The van der Waals surface area contributed by atoms with E-state index in [9.17, 15) is 4.79 Å². The molecule has 1 amide bonds. The average molecular weight is 525 g/mol. The summed E-state index contributed by atoms with van der Waals surface area (Å²) in [5.74, 6) is 1.60. The molecule has 0 atom stereocenters. The van der Waals surface area contributed by atoms with Crippen LogP contribution >= 0.6 is 38.5 Å². The van der Waals surface area contributed by atoms with Crippen LogP contribution in [0, 0.1) is 3.57 Å². The molecule has 2 aromatic carbocycles. The van der Waals surface area contributed by atoms with E-state index in [0.29, 0.717) is 17.1 Å². The van der Waals surface area contributed by atoms with Gasteiger partial charge in [-0.05, 0) is 65.1 Å². The SMILES string of the molecule is COc1cc(C(=O)N/N=C/c2ccc(-c3ccc(Br)cc3)o2)ccc1I. The van der Waals surface area contributed by atoms with Crippen LogP contribution in [-0.4, -0.2) is 19.2 Å². The molecule has 5 nitrogen and oxygen atoms in total. The third kappa shape index (κ3) is 4.53. The van der Waals surface area contributed by atoms with Gasteiger partial charge in [0.25, 0.3) is 5.91 Å². The largest absolute Gasteiger partial charge is 0.496 e. The van der Waals surface area contributed by atoms with Gasteiger partial charge in [0.1, 0.15) is 17.3 Å². The summed E-state index contributed by atoms with van der Waals surface area (Å²) < 4.78 is 12.9. The summed E-state index contributed by atoms with van der Waals surface area (Å²) in [5.41, 5.74) is 3.91. The number of ether oxygens (including phenoxy) is 1. The fourth-order valence-corrected chi connectivity index (χ4v) is 3.03. The van der Waals surface area contributed by atoms with Crippen molar-refractivity contribution >= 4 is 50.6 Å². The van der Waals surface area contributed by atoms with E-state index in [4.69, 9.17) is 9.15 Å². The first-order valence-electron chi connectivity index (χ1n) is 7.59. The molecule has 0 aliphatic carbocycles. The summed E-state index contributed by atoms with van der Waals surface area (Å²) in [4.78, 5) is 12.2. The molecule has 0 bridgehead atoms. The van der Waals surface area contributed by atoms with Gasteiger partial charge in [0, 0.05) is 15.6 Å². The fourth-order valence-electron chi connectivity index (χ4n) is 2.21. The molecule has 1 N–H and O–H groups in total. The van der Waals surface area contributed by atoms with E-state index in [-0.39, 0.29) is 5.91 Å². The van der Waals surface area contributed by atoms with Crippen LogP contribution < -0.4 is 10.2 Å². The van der Waals surface area contributed by atoms with E-state index in [2.05, 4.69) is 49.0 Å². The number of hydrazone groups is 1. The van der Waals surface area contributed by atoms with Crippen LogP contribution in [-0.2, 0) is 0 Å². The lowest BCUT2D eigenvalue weighted by atomic mass is 10.2. The summed E-state index contributed by atoms with van der Waals surface area (Å²) >= 11 is 5.55. The van der Waals surface area contributed by atoms with E-state index in [1.54, 1.807) is 25.3 Å². The van der Waals surface area contributed by atoms with Gasteiger partial charge in [-0.25, -0.2) is 5.43 Å². The number of nitrogens with zero attached hydrogens (tertiary/aromatic N) is 1. The van der Waals surface area contributed by atoms with Gasteiger partial charge in [-0.1, -0.05) is 28.1 Å². The Balaban J connectivity index is 1.65. The second-order valence-electron chi connectivity index (χ2n) is 5.26. The standard InChI is InChI=1S/C19H14BrIN2O3/c1-25-18-10-13(4-8-16(18)21)19(24)23-22-11-15-7-9-17(26-15)12-2-5-14(20)6-3-12/h2-11H,1H3,(H,23,24)/b22-11+. The highest BCUT2D eigenvalue weighted by Crippen LogP contribution is 2.24. The molecule has 1 aromatic heterocycles. The van der Waals surface area contributed by atoms with Crippen molar-refractivity contribution in [2.24, 2.45) is 5.10 Å². The number of rotatable bonds is 5. The van der Waals surface area contributed by atoms with Crippen molar-refractivity contribution < 1.29 is 13.9 Å². The van der Waals surface area contributed by atoms with Gasteiger partial charge in [0.15, 0.2) is 0 Å². The first-order valence-corrected chi connectivity index (χ1v) is 9.47. The number of hydrogen-bond donors (Lipinski definition) is 1. The maximum Gasteiger partial charge on any atom is 0.271 e. The number of nitrogens with one attached hydrogen (secondary N) is 1. The predicted molar refractivity (Wildman–Crippen MR) is 113 cm³/mol. The van der Waals surface area contributed by atoms with E-state index in [1.807, 2.05) is 36.4 Å². The number of methoxy groups -OCH3 is 1. The third-order valence-corrected chi connectivity index (χ3v) is 4.95. The minimum absolute atomic E-state index is 0.323. The molecule has 3 aromatic rings. The number of halogens is 2.